The number of hydrogen-bond donors (Lipinski definition) is 0. The lowest BCUT2D eigenvalue weighted by Gasteiger charge is -2.17. The standard InChI is InChI=1S/C10H17ClF3NO2/c1-8(11)3-5-15(2)9(16)4-6-17-7-10(12,13)14/h8H,3-7H2,1-2H3. The largest absolute Gasteiger partial charge is 0.411 e. The minimum absolute atomic E-state index is 0.0354. The number of carbonyl (C=O) groups is 1. The quantitative estimate of drug-likeness (QED) is 0.528. The summed E-state index contributed by atoms with van der Waals surface area (Å²) < 4.78 is 39.5. The maximum Gasteiger partial charge on any atom is 0.411 e. The van der Waals surface area contributed by atoms with Crippen molar-refractivity contribution in [1.29, 1.82) is 0 Å². The predicted molar refractivity (Wildman–Crippen MR) is 59.1 cm³/mol. The smallest absolute Gasteiger partial charge is 0.372 e. The van der Waals surface area contributed by atoms with Gasteiger partial charge in [-0.15, -0.1) is 11.6 Å². The highest BCUT2D eigenvalue weighted by Gasteiger charge is 2.27. The number of hydrogen-bond acceptors (Lipinski definition) is 2. The zero-order valence-corrected chi connectivity index (χ0v) is 10.6. The fourth-order valence-electron chi connectivity index (χ4n) is 1.03. The third-order valence-electron chi connectivity index (χ3n) is 2.01. The molecule has 0 radical (unpaired) electrons. The van der Waals surface area contributed by atoms with Crippen molar-refractivity contribution in [2.45, 2.75) is 31.3 Å². The lowest BCUT2D eigenvalue weighted by molar-refractivity contribution is -0.175. The molecule has 0 aromatic carbocycles. The molecule has 102 valence electrons. The average Bonchev–Trinajstić information content (AvgIpc) is 2.19. The van der Waals surface area contributed by atoms with Crippen LogP contribution in [0, 0.1) is 0 Å². The minimum atomic E-state index is -4.34. The highest BCUT2D eigenvalue weighted by Crippen LogP contribution is 2.14. The molecule has 7 heteroatoms. The van der Waals surface area contributed by atoms with Crippen LogP contribution in [-0.2, 0) is 9.53 Å². The number of halogens is 4. The first kappa shape index (κ1) is 16.5. The van der Waals surface area contributed by atoms with E-state index in [1.165, 1.54) is 4.90 Å². The molecular formula is C10H17ClF3NO2. The first-order valence-electron chi connectivity index (χ1n) is 5.25. The Kier molecular flexibility index (Phi) is 7.54. The molecule has 0 aliphatic carbocycles. The van der Waals surface area contributed by atoms with Crippen LogP contribution in [0.2, 0.25) is 0 Å². The molecule has 0 aromatic heterocycles. The first-order chi connectivity index (χ1) is 7.72. The molecule has 3 nitrogen and oxygen atoms in total. The summed E-state index contributed by atoms with van der Waals surface area (Å²) in [4.78, 5) is 12.8. The Labute approximate surface area is 104 Å². The van der Waals surface area contributed by atoms with Gasteiger partial charge in [-0.1, -0.05) is 0 Å². The summed E-state index contributed by atoms with van der Waals surface area (Å²) in [6.07, 6.45) is -3.75. The van der Waals surface area contributed by atoms with E-state index >= 15 is 0 Å². The summed E-state index contributed by atoms with van der Waals surface area (Å²) >= 11 is 5.72. The molecule has 0 rings (SSSR count). The highest BCUT2D eigenvalue weighted by atomic mass is 35.5. The number of alkyl halides is 4. The van der Waals surface area contributed by atoms with E-state index in [9.17, 15) is 18.0 Å². The maximum absolute atomic E-state index is 11.7. The molecule has 0 aromatic rings. The zero-order chi connectivity index (χ0) is 13.5. The summed E-state index contributed by atoms with van der Waals surface area (Å²) in [6, 6.07) is 0. The Bertz CT molecular complexity index is 234. The molecule has 0 bridgehead atoms. The summed E-state index contributed by atoms with van der Waals surface area (Å²) in [5, 5.41) is -0.0354. The Morgan fingerprint density at radius 2 is 2.06 bits per heavy atom. The highest BCUT2D eigenvalue weighted by molar-refractivity contribution is 6.20. The first-order valence-corrected chi connectivity index (χ1v) is 5.68. The Morgan fingerprint density at radius 3 is 2.53 bits per heavy atom. The fourth-order valence-corrected chi connectivity index (χ4v) is 1.13. The van der Waals surface area contributed by atoms with Crippen molar-refractivity contribution in [3.8, 4) is 0 Å². The second-order valence-electron chi connectivity index (χ2n) is 3.80. The molecule has 1 unspecified atom stereocenters. The molecule has 0 saturated carbocycles. The normalized spacial score (nSPS) is 13.5. The van der Waals surface area contributed by atoms with Gasteiger partial charge in [-0.05, 0) is 13.3 Å². The molecular weight excluding hydrogens is 259 g/mol. The van der Waals surface area contributed by atoms with Crippen molar-refractivity contribution in [3.63, 3.8) is 0 Å². The summed E-state index contributed by atoms with van der Waals surface area (Å²) in [5.41, 5.74) is 0. The predicted octanol–water partition coefficient (Wildman–Crippen LogP) is 2.43. The molecule has 0 saturated heterocycles. The number of rotatable bonds is 7. The van der Waals surface area contributed by atoms with Gasteiger partial charge >= 0.3 is 6.18 Å². The van der Waals surface area contributed by atoms with Crippen molar-refractivity contribution >= 4 is 17.5 Å². The van der Waals surface area contributed by atoms with E-state index in [2.05, 4.69) is 4.74 Å². The van der Waals surface area contributed by atoms with Crippen LogP contribution in [0.1, 0.15) is 19.8 Å². The van der Waals surface area contributed by atoms with Gasteiger partial charge in [-0.3, -0.25) is 4.79 Å². The molecule has 1 amide bonds. The van der Waals surface area contributed by atoms with Crippen LogP contribution in [-0.4, -0.2) is 49.2 Å². The second kappa shape index (κ2) is 7.76. The summed E-state index contributed by atoms with van der Waals surface area (Å²) in [6.45, 7) is 0.761. The van der Waals surface area contributed by atoms with E-state index in [1.54, 1.807) is 7.05 Å². The van der Waals surface area contributed by atoms with Gasteiger partial charge in [0.15, 0.2) is 0 Å². The number of nitrogens with zero attached hydrogens (tertiary/aromatic N) is 1. The third kappa shape index (κ3) is 10.4. The summed E-state index contributed by atoms with van der Waals surface area (Å²) in [5.74, 6) is -0.246. The summed E-state index contributed by atoms with van der Waals surface area (Å²) in [7, 11) is 1.59. The Hall–Kier alpha value is -0.490. The van der Waals surface area contributed by atoms with E-state index in [0.717, 1.165) is 0 Å². The Morgan fingerprint density at radius 1 is 1.47 bits per heavy atom. The van der Waals surface area contributed by atoms with Gasteiger partial charge in [0, 0.05) is 19.0 Å². The van der Waals surface area contributed by atoms with E-state index in [4.69, 9.17) is 11.6 Å². The van der Waals surface area contributed by atoms with Gasteiger partial charge in [0.05, 0.1) is 13.0 Å². The molecule has 17 heavy (non-hydrogen) atoms. The van der Waals surface area contributed by atoms with E-state index in [1.807, 2.05) is 6.92 Å². The van der Waals surface area contributed by atoms with Crippen LogP contribution in [0.5, 0.6) is 0 Å². The van der Waals surface area contributed by atoms with Crippen molar-refractivity contribution < 1.29 is 22.7 Å². The molecule has 0 heterocycles. The monoisotopic (exact) mass is 275 g/mol. The third-order valence-corrected chi connectivity index (χ3v) is 2.23. The lowest BCUT2D eigenvalue weighted by Crippen LogP contribution is -2.30. The van der Waals surface area contributed by atoms with Gasteiger partial charge in [0.1, 0.15) is 6.61 Å². The van der Waals surface area contributed by atoms with Gasteiger partial charge < -0.3 is 9.64 Å². The minimum Gasteiger partial charge on any atom is -0.372 e. The van der Waals surface area contributed by atoms with Crippen LogP contribution in [0.4, 0.5) is 13.2 Å². The van der Waals surface area contributed by atoms with E-state index in [-0.39, 0.29) is 24.3 Å². The molecule has 0 spiro atoms. The van der Waals surface area contributed by atoms with Gasteiger partial charge in [-0.2, -0.15) is 13.2 Å². The molecule has 1 atom stereocenters. The number of ether oxygens (including phenoxy) is 1. The molecule has 0 aliphatic rings. The maximum atomic E-state index is 11.7. The SMILES string of the molecule is CC(Cl)CCN(C)C(=O)CCOCC(F)(F)F. The number of carbonyl (C=O) groups excluding carboxylic acids is 1. The average molecular weight is 276 g/mol. The van der Waals surface area contributed by atoms with Crippen LogP contribution >= 0.6 is 11.6 Å². The van der Waals surface area contributed by atoms with Crippen molar-refractivity contribution in [2.24, 2.45) is 0 Å². The van der Waals surface area contributed by atoms with Crippen LogP contribution in [0.15, 0.2) is 0 Å². The van der Waals surface area contributed by atoms with Crippen LogP contribution < -0.4 is 0 Å². The zero-order valence-electron chi connectivity index (χ0n) is 9.89. The van der Waals surface area contributed by atoms with E-state index in [0.29, 0.717) is 13.0 Å². The number of amides is 1. The van der Waals surface area contributed by atoms with Gasteiger partial charge in [-0.25, -0.2) is 0 Å². The van der Waals surface area contributed by atoms with E-state index < -0.39 is 12.8 Å². The van der Waals surface area contributed by atoms with Crippen LogP contribution in [0.3, 0.4) is 0 Å². The molecule has 0 aliphatic heterocycles. The second-order valence-corrected chi connectivity index (χ2v) is 4.55. The molecule has 0 N–H and O–H groups in total. The van der Waals surface area contributed by atoms with Crippen LogP contribution in [0.25, 0.3) is 0 Å². The van der Waals surface area contributed by atoms with Crippen molar-refractivity contribution in [3.05, 3.63) is 0 Å². The molecule has 0 fully saturated rings. The van der Waals surface area contributed by atoms with Gasteiger partial charge in [0.25, 0.3) is 0 Å². The Balaban J connectivity index is 3.64. The van der Waals surface area contributed by atoms with Crippen molar-refractivity contribution in [1.82, 2.24) is 4.90 Å². The topological polar surface area (TPSA) is 29.5 Å². The fraction of sp³-hybridized carbons (Fsp3) is 0.900. The van der Waals surface area contributed by atoms with Crippen molar-refractivity contribution in [2.75, 3.05) is 26.8 Å². The lowest BCUT2D eigenvalue weighted by atomic mass is 10.3. The van der Waals surface area contributed by atoms with Gasteiger partial charge in [0.2, 0.25) is 5.91 Å².